The van der Waals surface area contributed by atoms with E-state index in [1.54, 1.807) is 0 Å². The van der Waals surface area contributed by atoms with Crippen molar-refractivity contribution in [2.75, 3.05) is 0 Å². The molecule has 0 N–H and O–H groups in total. The van der Waals surface area contributed by atoms with Gasteiger partial charge in [-0.25, -0.2) is 9.97 Å². The summed E-state index contributed by atoms with van der Waals surface area (Å²) in [6.45, 7) is 4.60. The lowest BCUT2D eigenvalue weighted by molar-refractivity contribution is 0.643. The molecule has 0 atom stereocenters. The smallest absolute Gasteiger partial charge is 0.235 e. The van der Waals surface area contributed by atoms with E-state index in [0.29, 0.717) is 5.95 Å². The average molecular weight is 488 g/mol. The number of rotatable bonds is 2. The minimum absolute atomic E-state index is 0.116. The molecule has 1 aliphatic carbocycles. The summed E-state index contributed by atoms with van der Waals surface area (Å²) in [5, 5.41) is 3.56. The molecule has 0 unspecified atom stereocenters. The Kier molecular flexibility index (Phi) is 4.28. The molecule has 2 heterocycles. The number of aromatic nitrogens is 3. The average Bonchev–Trinajstić information content (AvgIpc) is 3.30. The van der Waals surface area contributed by atoms with Gasteiger partial charge in [0.15, 0.2) is 0 Å². The first-order valence-electron chi connectivity index (χ1n) is 13.1. The SMILES string of the molecule is CC1(C)c2ccccc2-c2nc(-n3c4ccccc4c4cc(-c5ccccc5)ccc43)nc3cccc1c23. The summed E-state index contributed by atoms with van der Waals surface area (Å²) in [4.78, 5) is 10.5. The second kappa shape index (κ2) is 7.62. The minimum atomic E-state index is -0.116. The summed E-state index contributed by atoms with van der Waals surface area (Å²) in [6, 6.07) is 41.0. The molecule has 0 radical (unpaired) electrons. The number of hydrogen-bond donors (Lipinski definition) is 0. The number of benzene rings is 5. The molecule has 8 rings (SSSR count). The van der Waals surface area contributed by atoms with E-state index in [4.69, 9.17) is 9.97 Å². The Labute approximate surface area is 221 Å². The molecule has 0 saturated heterocycles. The first kappa shape index (κ1) is 21.3. The van der Waals surface area contributed by atoms with Crippen molar-refractivity contribution >= 4 is 32.7 Å². The third-order valence-corrected chi connectivity index (χ3v) is 8.22. The summed E-state index contributed by atoms with van der Waals surface area (Å²) >= 11 is 0. The summed E-state index contributed by atoms with van der Waals surface area (Å²) in [5.41, 5.74) is 10.3. The van der Waals surface area contributed by atoms with E-state index < -0.39 is 0 Å². The second-order valence-electron chi connectivity index (χ2n) is 10.7. The van der Waals surface area contributed by atoms with E-state index in [1.165, 1.54) is 38.6 Å². The third kappa shape index (κ3) is 2.84. The van der Waals surface area contributed by atoms with E-state index in [1.807, 2.05) is 0 Å². The van der Waals surface area contributed by atoms with Crippen molar-refractivity contribution in [1.82, 2.24) is 14.5 Å². The Bertz CT molecular complexity index is 2050. The number of hydrogen-bond acceptors (Lipinski definition) is 2. The zero-order chi connectivity index (χ0) is 25.4. The number of fused-ring (bicyclic) bond motifs is 5. The molecule has 3 heteroatoms. The van der Waals surface area contributed by atoms with Crippen molar-refractivity contribution < 1.29 is 0 Å². The molecule has 0 aliphatic heterocycles. The van der Waals surface area contributed by atoms with Gasteiger partial charge in [-0.05, 0) is 46.5 Å². The molecule has 0 saturated carbocycles. The Morgan fingerprint density at radius 3 is 2.21 bits per heavy atom. The quantitative estimate of drug-likeness (QED) is 0.244. The lowest BCUT2D eigenvalue weighted by atomic mass is 9.70. The zero-order valence-corrected chi connectivity index (χ0v) is 21.3. The molecule has 2 aromatic heterocycles. The van der Waals surface area contributed by atoms with Crippen molar-refractivity contribution in [2.45, 2.75) is 19.3 Å². The molecule has 0 spiro atoms. The van der Waals surface area contributed by atoms with Crippen LogP contribution in [0.15, 0.2) is 115 Å². The van der Waals surface area contributed by atoms with Crippen LogP contribution in [0.5, 0.6) is 0 Å². The maximum atomic E-state index is 5.31. The highest BCUT2D eigenvalue weighted by atomic mass is 15.2. The van der Waals surface area contributed by atoms with Gasteiger partial charge in [0.05, 0.1) is 22.2 Å². The Hall–Kier alpha value is -4.76. The fourth-order valence-corrected chi connectivity index (χ4v) is 6.36. The predicted molar refractivity (Wildman–Crippen MR) is 157 cm³/mol. The minimum Gasteiger partial charge on any atom is -0.278 e. The monoisotopic (exact) mass is 487 g/mol. The molecular formula is C35H25N3. The van der Waals surface area contributed by atoms with Crippen LogP contribution < -0.4 is 0 Å². The largest absolute Gasteiger partial charge is 0.278 e. The highest BCUT2D eigenvalue weighted by Crippen LogP contribution is 2.47. The first-order valence-corrected chi connectivity index (χ1v) is 13.1. The van der Waals surface area contributed by atoms with E-state index in [-0.39, 0.29) is 5.41 Å². The standard InChI is InChI=1S/C35H25N3/c1-35(2)27-15-8-6-14-25(27)33-32-28(35)16-10-17-29(32)36-34(37-33)38-30-18-9-7-13-24(30)26-21-23(19-20-31(26)38)22-11-4-3-5-12-22/h3-21H,1-2H3. The van der Waals surface area contributed by atoms with E-state index >= 15 is 0 Å². The molecule has 7 aromatic rings. The topological polar surface area (TPSA) is 30.7 Å². The van der Waals surface area contributed by atoms with Gasteiger partial charge in [0.2, 0.25) is 5.95 Å². The zero-order valence-electron chi connectivity index (χ0n) is 21.3. The molecular weight excluding hydrogens is 462 g/mol. The van der Waals surface area contributed by atoms with E-state index in [2.05, 4.69) is 134 Å². The Morgan fingerprint density at radius 1 is 0.579 bits per heavy atom. The van der Waals surface area contributed by atoms with Gasteiger partial charge in [0.1, 0.15) is 0 Å². The Balaban J connectivity index is 1.46. The molecule has 1 aliphatic rings. The van der Waals surface area contributed by atoms with Gasteiger partial charge in [-0.2, -0.15) is 0 Å². The lowest BCUT2D eigenvalue weighted by Crippen LogP contribution is -2.24. The van der Waals surface area contributed by atoms with Crippen molar-refractivity contribution in [3.63, 3.8) is 0 Å². The van der Waals surface area contributed by atoms with Crippen LogP contribution in [-0.2, 0) is 5.41 Å². The highest BCUT2D eigenvalue weighted by Gasteiger charge is 2.34. The normalized spacial score (nSPS) is 13.7. The van der Waals surface area contributed by atoms with Gasteiger partial charge in [0, 0.05) is 27.1 Å². The molecule has 0 amide bonds. The van der Waals surface area contributed by atoms with Gasteiger partial charge in [-0.1, -0.05) is 105 Å². The third-order valence-electron chi connectivity index (χ3n) is 8.22. The number of para-hydroxylation sites is 1. The van der Waals surface area contributed by atoms with Crippen molar-refractivity contribution in [2.24, 2.45) is 0 Å². The second-order valence-corrected chi connectivity index (χ2v) is 10.7. The van der Waals surface area contributed by atoms with Crippen LogP contribution in [-0.4, -0.2) is 14.5 Å². The first-order chi connectivity index (χ1) is 18.6. The van der Waals surface area contributed by atoms with Crippen LogP contribution in [0.2, 0.25) is 0 Å². The highest BCUT2D eigenvalue weighted by molar-refractivity contribution is 6.10. The molecule has 38 heavy (non-hydrogen) atoms. The predicted octanol–water partition coefficient (Wildman–Crippen LogP) is 8.70. The Morgan fingerprint density at radius 2 is 1.32 bits per heavy atom. The van der Waals surface area contributed by atoms with Gasteiger partial charge in [-0.15, -0.1) is 0 Å². The van der Waals surface area contributed by atoms with Gasteiger partial charge in [-0.3, -0.25) is 4.57 Å². The van der Waals surface area contributed by atoms with Crippen molar-refractivity contribution in [1.29, 1.82) is 0 Å². The summed E-state index contributed by atoms with van der Waals surface area (Å²) in [7, 11) is 0. The summed E-state index contributed by atoms with van der Waals surface area (Å²) < 4.78 is 2.23. The van der Waals surface area contributed by atoms with Crippen LogP contribution in [0.4, 0.5) is 0 Å². The van der Waals surface area contributed by atoms with Gasteiger partial charge in [0.25, 0.3) is 0 Å². The van der Waals surface area contributed by atoms with Crippen LogP contribution in [0.25, 0.3) is 61.0 Å². The molecule has 5 aromatic carbocycles. The van der Waals surface area contributed by atoms with E-state index in [0.717, 1.165) is 27.6 Å². The van der Waals surface area contributed by atoms with Crippen molar-refractivity contribution in [3.8, 4) is 28.3 Å². The van der Waals surface area contributed by atoms with E-state index in [9.17, 15) is 0 Å². The summed E-state index contributed by atoms with van der Waals surface area (Å²) in [5.74, 6) is 0.706. The lowest BCUT2D eigenvalue weighted by Gasteiger charge is -2.34. The molecule has 0 fully saturated rings. The van der Waals surface area contributed by atoms with Crippen LogP contribution in [0.3, 0.4) is 0 Å². The van der Waals surface area contributed by atoms with Crippen LogP contribution >= 0.6 is 0 Å². The molecule has 3 nitrogen and oxygen atoms in total. The maximum Gasteiger partial charge on any atom is 0.235 e. The van der Waals surface area contributed by atoms with Gasteiger partial charge < -0.3 is 0 Å². The number of nitrogens with zero attached hydrogens (tertiary/aromatic N) is 3. The summed E-state index contributed by atoms with van der Waals surface area (Å²) in [6.07, 6.45) is 0. The maximum absolute atomic E-state index is 5.31. The fraction of sp³-hybridized carbons (Fsp3) is 0.0857. The molecule has 180 valence electrons. The fourth-order valence-electron chi connectivity index (χ4n) is 6.36. The molecule has 0 bridgehead atoms. The van der Waals surface area contributed by atoms with Crippen LogP contribution in [0.1, 0.15) is 25.0 Å². The van der Waals surface area contributed by atoms with Gasteiger partial charge >= 0.3 is 0 Å². The van der Waals surface area contributed by atoms with Crippen molar-refractivity contribution in [3.05, 3.63) is 126 Å². The van der Waals surface area contributed by atoms with Crippen LogP contribution in [0, 0.1) is 0 Å².